The summed E-state index contributed by atoms with van der Waals surface area (Å²) in [6.07, 6.45) is -2.91. The summed E-state index contributed by atoms with van der Waals surface area (Å²) < 4.78 is 52.4. The number of aromatic nitrogens is 1. The highest BCUT2D eigenvalue weighted by Crippen LogP contribution is 2.31. The van der Waals surface area contributed by atoms with Gasteiger partial charge >= 0.3 is 6.18 Å². The van der Waals surface area contributed by atoms with E-state index in [2.05, 4.69) is 22.1 Å². The van der Waals surface area contributed by atoms with Crippen molar-refractivity contribution in [3.63, 3.8) is 0 Å². The second-order valence-corrected chi connectivity index (χ2v) is 7.44. The zero-order chi connectivity index (χ0) is 23.3. The van der Waals surface area contributed by atoms with E-state index in [1.165, 1.54) is 30.5 Å². The average Bonchev–Trinajstić information content (AvgIpc) is 2.74. The Hall–Kier alpha value is -3.37. The summed E-state index contributed by atoms with van der Waals surface area (Å²) in [5.74, 6) is 4.57. The van der Waals surface area contributed by atoms with Crippen molar-refractivity contribution in [2.45, 2.75) is 25.6 Å². The molecule has 164 valence electrons. The van der Waals surface area contributed by atoms with Gasteiger partial charge in [-0.3, -0.25) is 9.78 Å². The van der Waals surface area contributed by atoms with Gasteiger partial charge < -0.3 is 5.32 Å². The van der Waals surface area contributed by atoms with Gasteiger partial charge in [-0.25, -0.2) is 4.39 Å². The van der Waals surface area contributed by atoms with Crippen LogP contribution < -0.4 is 5.32 Å². The Morgan fingerprint density at radius 3 is 2.41 bits per heavy atom. The first-order chi connectivity index (χ1) is 15.1. The lowest BCUT2D eigenvalue weighted by Gasteiger charge is -2.17. The molecule has 1 atom stereocenters. The van der Waals surface area contributed by atoms with Gasteiger partial charge in [0.05, 0.1) is 21.8 Å². The van der Waals surface area contributed by atoms with Gasteiger partial charge in [0.1, 0.15) is 5.82 Å². The molecule has 0 spiro atoms. The van der Waals surface area contributed by atoms with Crippen molar-refractivity contribution >= 4 is 17.5 Å². The molecule has 3 aromatic rings. The predicted molar refractivity (Wildman–Crippen MR) is 114 cm³/mol. The van der Waals surface area contributed by atoms with Crippen LogP contribution in [0.3, 0.4) is 0 Å². The highest BCUT2D eigenvalue weighted by atomic mass is 35.5. The van der Waals surface area contributed by atoms with Gasteiger partial charge in [-0.1, -0.05) is 35.6 Å². The van der Waals surface area contributed by atoms with Crippen LogP contribution in [0.4, 0.5) is 17.6 Å². The Kier molecular flexibility index (Phi) is 7.16. The van der Waals surface area contributed by atoms with E-state index < -0.39 is 29.3 Å². The maximum absolute atomic E-state index is 13.1. The van der Waals surface area contributed by atoms with E-state index in [-0.39, 0.29) is 12.2 Å². The van der Waals surface area contributed by atoms with Crippen LogP contribution in [0.5, 0.6) is 0 Å². The van der Waals surface area contributed by atoms with Crippen LogP contribution in [0.25, 0.3) is 0 Å². The number of benzene rings is 2. The number of amides is 1. The Labute approximate surface area is 187 Å². The number of carbonyl (C=O) groups is 1. The molecule has 32 heavy (non-hydrogen) atoms. The molecule has 0 saturated heterocycles. The highest BCUT2D eigenvalue weighted by molar-refractivity contribution is 6.31. The first-order valence-electron chi connectivity index (χ1n) is 9.52. The van der Waals surface area contributed by atoms with Gasteiger partial charge in [0.15, 0.2) is 0 Å². The number of pyridine rings is 1. The minimum Gasteiger partial charge on any atom is -0.349 e. The molecule has 0 fully saturated rings. The standard InChI is InChI=1S/C24H17ClF4N2O/c1-15(31-23(32)19-4-2-3-5-20(19)24(27,28)29)12-22-21(25)13-17(14-30-22)7-6-16-8-10-18(26)11-9-16/h2-5,8-11,13-15H,12H2,1H3,(H,31,32). The second kappa shape index (κ2) is 9.84. The Bertz CT molecular complexity index is 1180. The van der Waals surface area contributed by atoms with Crippen LogP contribution in [0, 0.1) is 17.7 Å². The minimum absolute atomic E-state index is 0.213. The van der Waals surface area contributed by atoms with Crippen molar-refractivity contribution in [3.05, 3.63) is 99.6 Å². The molecule has 1 unspecified atom stereocenters. The van der Waals surface area contributed by atoms with Gasteiger partial charge in [0.2, 0.25) is 0 Å². The Morgan fingerprint density at radius 2 is 1.75 bits per heavy atom. The molecule has 1 N–H and O–H groups in total. The molecule has 1 aromatic heterocycles. The summed E-state index contributed by atoms with van der Waals surface area (Å²) in [5, 5.41) is 2.87. The highest BCUT2D eigenvalue weighted by Gasteiger charge is 2.35. The third-order valence-corrected chi connectivity index (χ3v) is 4.79. The Balaban J connectivity index is 1.68. The van der Waals surface area contributed by atoms with Crippen LogP contribution in [0.15, 0.2) is 60.8 Å². The third-order valence-electron chi connectivity index (χ3n) is 4.47. The van der Waals surface area contributed by atoms with Crippen LogP contribution in [0.2, 0.25) is 5.02 Å². The van der Waals surface area contributed by atoms with Gasteiger partial charge in [0.25, 0.3) is 5.91 Å². The van der Waals surface area contributed by atoms with E-state index in [0.29, 0.717) is 21.8 Å². The number of hydrogen-bond donors (Lipinski definition) is 1. The van der Waals surface area contributed by atoms with E-state index in [0.717, 1.165) is 12.1 Å². The fraction of sp³-hybridized carbons (Fsp3) is 0.167. The first-order valence-corrected chi connectivity index (χ1v) is 9.90. The summed E-state index contributed by atoms with van der Waals surface area (Å²) in [6.45, 7) is 1.65. The van der Waals surface area contributed by atoms with Crippen molar-refractivity contribution in [1.29, 1.82) is 0 Å². The quantitative estimate of drug-likeness (QED) is 0.403. The summed E-state index contributed by atoms with van der Waals surface area (Å²) in [7, 11) is 0. The van der Waals surface area contributed by atoms with E-state index >= 15 is 0 Å². The number of nitrogens with one attached hydrogen (secondary N) is 1. The molecular weight excluding hydrogens is 444 g/mol. The number of halogens is 5. The lowest BCUT2D eigenvalue weighted by atomic mass is 10.1. The molecule has 0 aliphatic heterocycles. The molecule has 3 nitrogen and oxygen atoms in total. The number of alkyl halides is 3. The normalized spacial score (nSPS) is 11.9. The largest absolute Gasteiger partial charge is 0.417 e. The Morgan fingerprint density at radius 1 is 1.09 bits per heavy atom. The van der Waals surface area contributed by atoms with Crippen LogP contribution >= 0.6 is 11.6 Å². The molecule has 0 aliphatic rings. The van der Waals surface area contributed by atoms with Gasteiger partial charge in [-0.05, 0) is 49.4 Å². The number of nitrogens with zero attached hydrogens (tertiary/aromatic N) is 1. The second-order valence-electron chi connectivity index (χ2n) is 7.03. The van der Waals surface area contributed by atoms with Crippen molar-refractivity contribution in [2.75, 3.05) is 0 Å². The van der Waals surface area contributed by atoms with Crippen molar-refractivity contribution in [2.24, 2.45) is 0 Å². The van der Waals surface area contributed by atoms with Crippen molar-refractivity contribution < 1.29 is 22.4 Å². The average molecular weight is 461 g/mol. The molecule has 1 heterocycles. The summed E-state index contributed by atoms with van der Waals surface area (Å²) >= 11 is 6.27. The fourth-order valence-corrected chi connectivity index (χ4v) is 3.18. The minimum atomic E-state index is -4.63. The van der Waals surface area contributed by atoms with Crippen LogP contribution in [-0.4, -0.2) is 16.9 Å². The van der Waals surface area contributed by atoms with E-state index in [9.17, 15) is 22.4 Å². The molecule has 1 amide bonds. The van der Waals surface area contributed by atoms with Crippen molar-refractivity contribution in [3.8, 4) is 11.8 Å². The third kappa shape index (κ3) is 6.08. The predicted octanol–water partition coefficient (Wildman–Crippen LogP) is 5.65. The fourth-order valence-electron chi connectivity index (χ4n) is 2.93. The molecule has 8 heteroatoms. The molecule has 0 bridgehead atoms. The molecule has 0 radical (unpaired) electrons. The number of carbonyl (C=O) groups excluding carboxylic acids is 1. The molecule has 0 aliphatic carbocycles. The summed E-state index contributed by atoms with van der Waals surface area (Å²) in [5.41, 5.74) is 0.194. The monoisotopic (exact) mass is 460 g/mol. The lowest BCUT2D eigenvalue weighted by molar-refractivity contribution is -0.137. The van der Waals surface area contributed by atoms with Crippen LogP contribution in [0.1, 0.15) is 39.7 Å². The summed E-state index contributed by atoms with van der Waals surface area (Å²) in [6, 6.07) is 11.4. The van der Waals surface area contributed by atoms with E-state index in [4.69, 9.17) is 11.6 Å². The summed E-state index contributed by atoms with van der Waals surface area (Å²) in [4.78, 5) is 16.6. The zero-order valence-electron chi connectivity index (χ0n) is 16.8. The molecule has 2 aromatic carbocycles. The van der Waals surface area contributed by atoms with E-state index in [1.807, 2.05) is 0 Å². The number of rotatable bonds is 4. The van der Waals surface area contributed by atoms with Gasteiger partial charge in [0, 0.05) is 29.8 Å². The topological polar surface area (TPSA) is 42.0 Å². The number of hydrogen-bond acceptors (Lipinski definition) is 2. The molecule has 3 rings (SSSR count). The first kappa shape index (κ1) is 23.3. The zero-order valence-corrected chi connectivity index (χ0v) is 17.6. The van der Waals surface area contributed by atoms with Gasteiger partial charge in [-0.2, -0.15) is 13.2 Å². The smallest absolute Gasteiger partial charge is 0.349 e. The van der Waals surface area contributed by atoms with Crippen LogP contribution in [-0.2, 0) is 12.6 Å². The maximum Gasteiger partial charge on any atom is 0.417 e. The van der Waals surface area contributed by atoms with Crippen molar-refractivity contribution in [1.82, 2.24) is 10.3 Å². The van der Waals surface area contributed by atoms with E-state index in [1.54, 1.807) is 25.1 Å². The maximum atomic E-state index is 13.1. The molecule has 0 saturated carbocycles. The SMILES string of the molecule is CC(Cc1ncc(C#Cc2ccc(F)cc2)cc1Cl)NC(=O)c1ccccc1C(F)(F)F. The molecular formula is C24H17ClF4N2O. The lowest BCUT2D eigenvalue weighted by Crippen LogP contribution is -2.35. The van der Waals surface area contributed by atoms with Gasteiger partial charge in [-0.15, -0.1) is 0 Å².